The van der Waals surface area contributed by atoms with E-state index in [0.717, 1.165) is 34.5 Å². The molecule has 0 aliphatic rings. The quantitative estimate of drug-likeness (QED) is 0.538. The van der Waals surface area contributed by atoms with E-state index in [9.17, 15) is 8.42 Å². The smallest absolute Gasteiger partial charge is 0.261 e. The largest absolute Gasteiger partial charge is 0.306 e. The van der Waals surface area contributed by atoms with E-state index in [2.05, 4.69) is 9.71 Å². The number of fused-ring (bicyclic) bond motifs is 1. The molecule has 0 spiro atoms. The van der Waals surface area contributed by atoms with Crippen LogP contribution in [0.5, 0.6) is 0 Å². The van der Waals surface area contributed by atoms with Crippen molar-refractivity contribution >= 4 is 21.4 Å². The Labute approximate surface area is 164 Å². The van der Waals surface area contributed by atoms with Crippen molar-refractivity contribution in [2.45, 2.75) is 25.2 Å². The van der Waals surface area contributed by atoms with Crippen LogP contribution in [0.25, 0.3) is 16.9 Å². The van der Waals surface area contributed by atoms with Gasteiger partial charge < -0.3 is 4.40 Å². The topological polar surface area (TPSA) is 63.5 Å². The van der Waals surface area contributed by atoms with Crippen LogP contribution in [0.4, 0.5) is 5.69 Å². The second kappa shape index (κ2) is 7.13. The first-order valence-corrected chi connectivity index (χ1v) is 10.6. The lowest BCUT2D eigenvalue weighted by molar-refractivity contribution is 0.601. The minimum atomic E-state index is -3.64. The van der Waals surface area contributed by atoms with Crippen LogP contribution in [0.1, 0.15) is 18.1 Å². The molecular formula is C22H21N3O2S. The average Bonchev–Trinajstić information content (AvgIpc) is 3.11. The Bertz CT molecular complexity index is 1240. The first kappa shape index (κ1) is 18.3. The number of nitrogens with zero attached hydrogens (tertiary/aromatic N) is 2. The maximum atomic E-state index is 12.7. The highest BCUT2D eigenvalue weighted by atomic mass is 32.2. The maximum Gasteiger partial charge on any atom is 0.261 e. The molecule has 142 valence electrons. The number of sulfonamides is 1. The van der Waals surface area contributed by atoms with E-state index in [1.165, 1.54) is 0 Å². The lowest BCUT2D eigenvalue weighted by Crippen LogP contribution is -2.12. The SMILES string of the molecule is CCc1ccc(S(=O)(=O)Nc2cccc(-c3cn4ccc(C)cc4n3)c2)cc1. The monoisotopic (exact) mass is 391 g/mol. The van der Waals surface area contributed by atoms with Crippen LogP contribution >= 0.6 is 0 Å². The molecule has 6 heteroatoms. The fraction of sp³-hybridized carbons (Fsp3) is 0.136. The van der Waals surface area contributed by atoms with Crippen LogP contribution in [0, 0.1) is 6.92 Å². The minimum absolute atomic E-state index is 0.248. The zero-order valence-electron chi connectivity index (χ0n) is 15.8. The van der Waals surface area contributed by atoms with Gasteiger partial charge in [0.25, 0.3) is 10.0 Å². The number of aryl methyl sites for hydroxylation is 2. The highest BCUT2D eigenvalue weighted by Crippen LogP contribution is 2.24. The van der Waals surface area contributed by atoms with E-state index in [1.807, 2.05) is 67.0 Å². The van der Waals surface area contributed by atoms with Gasteiger partial charge in [0.15, 0.2) is 0 Å². The molecular weight excluding hydrogens is 370 g/mol. The van der Waals surface area contributed by atoms with E-state index in [-0.39, 0.29) is 4.90 Å². The first-order chi connectivity index (χ1) is 13.4. The van der Waals surface area contributed by atoms with E-state index in [0.29, 0.717) is 5.69 Å². The fourth-order valence-corrected chi connectivity index (χ4v) is 4.13. The van der Waals surface area contributed by atoms with Crippen molar-refractivity contribution in [3.63, 3.8) is 0 Å². The van der Waals surface area contributed by atoms with Crippen molar-refractivity contribution < 1.29 is 8.42 Å². The van der Waals surface area contributed by atoms with Gasteiger partial charge in [0.2, 0.25) is 0 Å². The summed E-state index contributed by atoms with van der Waals surface area (Å²) >= 11 is 0. The Morgan fingerprint density at radius 1 is 1.04 bits per heavy atom. The van der Waals surface area contributed by atoms with E-state index < -0.39 is 10.0 Å². The molecule has 0 aliphatic carbocycles. The van der Waals surface area contributed by atoms with Crippen LogP contribution < -0.4 is 4.72 Å². The van der Waals surface area contributed by atoms with Crippen LogP contribution in [-0.2, 0) is 16.4 Å². The van der Waals surface area contributed by atoms with Gasteiger partial charge in [0, 0.05) is 23.6 Å². The predicted molar refractivity (Wildman–Crippen MR) is 112 cm³/mol. The van der Waals surface area contributed by atoms with E-state index in [1.54, 1.807) is 24.3 Å². The maximum absolute atomic E-state index is 12.7. The van der Waals surface area contributed by atoms with Crippen LogP contribution in [0.3, 0.4) is 0 Å². The third kappa shape index (κ3) is 3.64. The van der Waals surface area contributed by atoms with Crippen molar-refractivity contribution in [1.82, 2.24) is 9.38 Å². The summed E-state index contributed by atoms with van der Waals surface area (Å²) in [4.78, 5) is 4.89. The molecule has 0 saturated carbocycles. The van der Waals surface area contributed by atoms with Gasteiger partial charge in [0.05, 0.1) is 10.6 Å². The van der Waals surface area contributed by atoms with Crippen molar-refractivity contribution in [3.05, 3.63) is 84.2 Å². The molecule has 0 bridgehead atoms. The lowest BCUT2D eigenvalue weighted by atomic mass is 10.1. The number of hydrogen-bond acceptors (Lipinski definition) is 3. The molecule has 2 heterocycles. The number of pyridine rings is 1. The fourth-order valence-electron chi connectivity index (χ4n) is 3.08. The molecule has 5 nitrogen and oxygen atoms in total. The average molecular weight is 391 g/mol. The molecule has 0 unspecified atom stereocenters. The minimum Gasteiger partial charge on any atom is -0.306 e. The summed E-state index contributed by atoms with van der Waals surface area (Å²) in [6.07, 6.45) is 4.77. The second-order valence-electron chi connectivity index (χ2n) is 6.78. The Morgan fingerprint density at radius 3 is 2.57 bits per heavy atom. The normalized spacial score (nSPS) is 11.6. The zero-order chi connectivity index (χ0) is 19.7. The van der Waals surface area contributed by atoms with Crippen molar-refractivity contribution in [2.75, 3.05) is 4.72 Å². The van der Waals surface area contributed by atoms with Crippen molar-refractivity contribution in [1.29, 1.82) is 0 Å². The second-order valence-corrected chi connectivity index (χ2v) is 8.46. The number of imidazole rings is 1. The summed E-state index contributed by atoms with van der Waals surface area (Å²) < 4.78 is 30.0. The number of benzene rings is 2. The first-order valence-electron chi connectivity index (χ1n) is 9.12. The number of nitrogens with one attached hydrogen (secondary N) is 1. The highest BCUT2D eigenvalue weighted by Gasteiger charge is 2.15. The summed E-state index contributed by atoms with van der Waals surface area (Å²) in [5, 5.41) is 0. The summed E-state index contributed by atoms with van der Waals surface area (Å²) in [5.41, 5.74) is 5.24. The number of hydrogen-bond donors (Lipinski definition) is 1. The molecule has 2 aromatic carbocycles. The molecule has 4 rings (SSSR count). The molecule has 28 heavy (non-hydrogen) atoms. The lowest BCUT2D eigenvalue weighted by Gasteiger charge is -2.09. The molecule has 0 radical (unpaired) electrons. The molecule has 4 aromatic rings. The molecule has 0 aliphatic heterocycles. The number of anilines is 1. The van der Waals surface area contributed by atoms with Gasteiger partial charge in [-0.25, -0.2) is 13.4 Å². The summed E-state index contributed by atoms with van der Waals surface area (Å²) in [6, 6.07) is 18.3. The van der Waals surface area contributed by atoms with Gasteiger partial charge in [-0.05, 0) is 60.9 Å². The molecule has 0 saturated heterocycles. The highest BCUT2D eigenvalue weighted by molar-refractivity contribution is 7.92. The van der Waals surface area contributed by atoms with Crippen molar-refractivity contribution in [3.8, 4) is 11.3 Å². The summed E-state index contributed by atoms with van der Waals surface area (Å²) in [6.45, 7) is 4.06. The molecule has 0 amide bonds. The van der Waals surface area contributed by atoms with E-state index >= 15 is 0 Å². The predicted octanol–water partition coefficient (Wildman–Crippen LogP) is 4.67. The molecule has 0 fully saturated rings. The van der Waals surface area contributed by atoms with Gasteiger partial charge in [0.1, 0.15) is 5.65 Å². The third-order valence-electron chi connectivity index (χ3n) is 4.67. The van der Waals surface area contributed by atoms with Gasteiger partial charge in [-0.15, -0.1) is 0 Å². The molecule has 0 atom stereocenters. The number of aromatic nitrogens is 2. The van der Waals surface area contributed by atoms with Crippen LogP contribution in [0.15, 0.2) is 78.0 Å². The Balaban J connectivity index is 1.64. The standard InChI is InChI=1S/C22H21N3O2S/c1-3-17-7-9-20(10-8-17)28(26,27)24-19-6-4-5-18(14-19)21-15-25-12-11-16(2)13-22(25)23-21/h4-15,24H,3H2,1-2H3. The summed E-state index contributed by atoms with van der Waals surface area (Å²) in [7, 11) is -3.64. The van der Waals surface area contributed by atoms with Crippen LogP contribution in [-0.4, -0.2) is 17.8 Å². The Hall–Kier alpha value is -3.12. The molecule has 2 aromatic heterocycles. The van der Waals surface area contributed by atoms with Gasteiger partial charge >= 0.3 is 0 Å². The Kier molecular flexibility index (Phi) is 4.65. The van der Waals surface area contributed by atoms with Crippen molar-refractivity contribution in [2.24, 2.45) is 0 Å². The Morgan fingerprint density at radius 2 is 1.82 bits per heavy atom. The zero-order valence-corrected chi connectivity index (χ0v) is 16.6. The van der Waals surface area contributed by atoms with Gasteiger partial charge in [-0.3, -0.25) is 4.72 Å². The van der Waals surface area contributed by atoms with Gasteiger partial charge in [-0.2, -0.15) is 0 Å². The van der Waals surface area contributed by atoms with Crippen LogP contribution in [0.2, 0.25) is 0 Å². The van der Waals surface area contributed by atoms with E-state index in [4.69, 9.17) is 0 Å². The summed E-state index contributed by atoms with van der Waals surface area (Å²) in [5.74, 6) is 0. The third-order valence-corrected chi connectivity index (χ3v) is 6.07. The number of rotatable bonds is 5. The molecule has 1 N–H and O–H groups in total. The van der Waals surface area contributed by atoms with Gasteiger partial charge in [-0.1, -0.05) is 31.2 Å².